The quantitative estimate of drug-likeness (QED) is 0.0194. The zero-order valence-electron chi connectivity index (χ0n) is 32.0. The van der Waals surface area contributed by atoms with Crippen LogP contribution in [-0.4, -0.2) is 67.3 Å². The largest absolute Gasteiger partial charge is 0.607 e. The summed E-state index contributed by atoms with van der Waals surface area (Å²) in [6.45, 7) is 0.290. The van der Waals surface area contributed by atoms with Gasteiger partial charge < -0.3 is 44.3 Å². The average molecular weight is 1580 g/mol. The number of carbonyl (C=O) groups is 4. The molecule has 0 aliphatic carbocycles. The molecule has 21 heteroatoms. The topological polar surface area (TPSA) is 211 Å². The summed E-state index contributed by atoms with van der Waals surface area (Å²) in [4.78, 5) is 63.5. The molecule has 3 N–H and O–H groups in total. The van der Waals surface area contributed by atoms with Crippen molar-refractivity contribution in [2.24, 2.45) is 0 Å². The maximum absolute atomic E-state index is 12.2. The van der Waals surface area contributed by atoms with Crippen LogP contribution in [0.25, 0.3) is 12.2 Å². The van der Waals surface area contributed by atoms with Gasteiger partial charge in [-0.15, -0.1) is 10.1 Å². The van der Waals surface area contributed by atoms with Crippen LogP contribution in [0, 0.1) is 16.9 Å². The number of halogens is 3. The van der Waals surface area contributed by atoms with E-state index in [1.807, 2.05) is 0 Å². The van der Waals surface area contributed by atoms with Gasteiger partial charge in [-0.3, -0.25) is 9.59 Å². The van der Waals surface area contributed by atoms with E-state index in [1.54, 1.807) is 79.9 Å². The minimum Gasteiger partial charge on any atom is -0.607 e. The van der Waals surface area contributed by atoms with Crippen LogP contribution in [0.3, 0.4) is 0 Å². The van der Waals surface area contributed by atoms with E-state index in [4.69, 9.17) is 24.1 Å². The van der Waals surface area contributed by atoms with E-state index in [-0.39, 0.29) is 61.6 Å². The van der Waals surface area contributed by atoms with Crippen LogP contribution in [0.4, 0.5) is 11.4 Å². The summed E-state index contributed by atoms with van der Waals surface area (Å²) in [6.07, 6.45) is 5.74. The number of carboxylic acids is 1. The second-order valence-corrected chi connectivity index (χ2v) is 39.3. The Morgan fingerprint density at radius 3 is 1.49 bits per heavy atom. The molecule has 0 atom stereocenters. The van der Waals surface area contributed by atoms with Crippen molar-refractivity contribution in [3.8, 4) is 23.0 Å². The number of aromatic carboxylic acids is 1. The first-order chi connectivity index (χ1) is 27.2. The van der Waals surface area contributed by atoms with Gasteiger partial charge in [-0.25, -0.2) is 9.59 Å². The molecule has 0 aromatic heterocycles. The molecular formula is C38H37I3N3O13ReRf-. The molecule has 0 aliphatic heterocycles. The van der Waals surface area contributed by atoms with Crippen molar-refractivity contribution in [3.05, 3.63) is 136 Å². The molecule has 2 amide bonds. The first-order valence-corrected chi connectivity index (χ1v) is 30.6. The molecule has 0 heterocycles. The SMILES string of the molecule is CI(I)I.COc1ccc(/C=C/C(=O)Nc2ccccc2C(=O)O)cc1OC.COc1ccc(/C=C/C(=O)Nc2ccccc2C(=O)O[CH-]O[N+](=O)[O-])cc1OC.[Re].[Rf]. The fourth-order valence-corrected chi connectivity index (χ4v) is 4.32. The second kappa shape index (κ2) is 28.8. The van der Waals surface area contributed by atoms with E-state index in [2.05, 4.69) is 62.4 Å². The molecule has 4 rings (SSSR count). The summed E-state index contributed by atoms with van der Waals surface area (Å²) < 4.78 is 25.2. The van der Waals surface area contributed by atoms with Gasteiger partial charge in [-0.05, 0) is 71.8 Å². The standard InChI is InChI=1S/C19H17N2O8.C18H17NO5.CH3I3.Re.Rf/c1-26-16-9-7-13(11-17(16)27-2)8-10-18(22)20-15-6-4-3-5-14(15)19(23)28-12-29-21(24)25;1-23-15-9-7-12(11-16(15)24-2)8-10-17(20)19-14-6-4-3-5-13(14)18(21)22;1-4(2)3;;/h3-12H,1-2H3,(H,20,22);3-11H,1-2H3,(H,19,20)(H,21,22);1H3;;/q-1;;;;/b2*10-8+;;;. The summed E-state index contributed by atoms with van der Waals surface area (Å²) in [5, 5.41) is 23.1. The van der Waals surface area contributed by atoms with Crippen LogP contribution in [0.1, 0.15) is 31.8 Å². The van der Waals surface area contributed by atoms with Gasteiger partial charge in [0.1, 0.15) is 0 Å². The number of amides is 2. The Labute approximate surface area is 374 Å². The molecule has 0 saturated carbocycles. The number of para-hydroxylation sites is 2. The Balaban J connectivity index is 0.00000103. The van der Waals surface area contributed by atoms with E-state index < -0.39 is 28.8 Å². The van der Waals surface area contributed by atoms with Gasteiger partial charge >= 0.3 is 66.0 Å². The summed E-state index contributed by atoms with van der Waals surface area (Å²) in [5.41, 5.74) is 1.86. The molecule has 0 unspecified atom stereocenters. The fourth-order valence-electron chi connectivity index (χ4n) is 4.32. The zero-order valence-corrected chi connectivity index (χ0v) is 47.6. The predicted molar refractivity (Wildman–Crippen MR) is 240 cm³/mol. The molecule has 16 nitrogen and oxygen atoms in total. The molecule has 59 heavy (non-hydrogen) atoms. The van der Waals surface area contributed by atoms with E-state index in [1.165, 1.54) is 57.7 Å². The van der Waals surface area contributed by atoms with Crippen LogP contribution < -0.4 is 29.6 Å². The van der Waals surface area contributed by atoms with Crippen molar-refractivity contribution in [3.63, 3.8) is 0 Å². The molecular weight excluding hydrogens is 1540 g/mol. The zero-order chi connectivity index (χ0) is 42.3. The Bertz CT molecular complexity index is 2070. The molecule has 4 aromatic rings. The van der Waals surface area contributed by atoms with Gasteiger partial charge in [0, 0.05) is 39.4 Å². The minimum absolute atomic E-state index is 0. The number of rotatable bonds is 15. The van der Waals surface area contributed by atoms with Crippen molar-refractivity contribution in [1.29, 1.82) is 0 Å². The van der Waals surface area contributed by atoms with Crippen LogP contribution in [-0.2, 0) is 39.6 Å². The molecule has 0 bridgehead atoms. The maximum atomic E-state index is 12.2. The summed E-state index contributed by atoms with van der Waals surface area (Å²) in [7, 11) is 6.09. The number of benzene rings is 4. The third-order valence-electron chi connectivity index (χ3n) is 6.77. The van der Waals surface area contributed by atoms with Gasteiger partial charge in [-0.1, -0.05) is 36.4 Å². The van der Waals surface area contributed by atoms with Gasteiger partial charge in [-0.2, -0.15) is 0 Å². The summed E-state index contributed by atoms with van der Waals surface area (Å²) >= 11 is 4.65. The number of hydrogen-bond acceptors (Lipinski definition) is 12. The smallest absolute Gasteiger partial charge is 0.337 e. The average Bonchev–Trinajstić information content (AvgIpc) is 3.19. The van der Waals surface area contributed by atoms with Crippen molar-refractivity contribution >= 4 is 96.4 Å². The van der Waals surface area contributed by atoms with Crippen molar-refractivity contribution in [2.75, 3.05) is 44.0 Å². The summed E-state index contributed by atoms with van der Waals surface area (Å²) in [6, 6.07) is 22.6. The Morgan fingerprint density at radius 1 is 0.712 bits per heavy atom. The molecule has 4 aromatic carbocycles. The Morgan fingerprint density at radius 2 is 1.10 bits per heavy atom. The first-order valence-electron chi connectivity index (χ1n) is 15.8. The van der Waals surface area contributed by atoms with Crippen LogP contribution in [0.5, 0.6) is 23.0 Å². The van der Waals surface area contributed by atoms with Crippen LogP contribution in [0.2, 0.25) is 0 Å². The van der Waals surface area contributed by atoms with E-state index in [9.17, 15) is 29.3 Å². The number of anilines is 2. The summed E-state index contributed by atoms with van der Waals surface area (Å²) in [5.74, 6) is -0.771. The second-order valence-electron chi connectivity index (χ2n) is 10.4. The molecule has 0 saturated heterocycles. The van der Waals surface area contributed by atoms with Crippen molar-refractivity contribution < 1.29 is 78.3 Å². The number of carbonyl (C=O) groups excluding carboxylic acids is 3. The Kier molecular flexibility index (Phi) is 26.1. The fraction of sp³-hybridized carbons (Fsp3) is 0.132. The van der Waals surface area contributed by atoms with Crippen LogP contribution >= 0.6 is 49.1 Å². The van der Waals surface area contributed by atoms with E-state index >= 15 is 0 Å². The van der Waals surface area contributed by atoms with Gasteiger partial charge in [0.2, 0.25) is 11.8 Å². The number of nitrogens with zero attached hydrogens (tertiary/aromatic N) is 1. The van der Waals surface area contributed by atoms with E-state index in [0.29, 0.717) is 28.6 Å². The third-order valence-corrected chi connectivity index (χ3v) is 6.77. The molecule has 1 radical (unpaired) electrons. The Hall–Kier alpha value is -5.51. The molecule has 0 fully saturated rings. The number of ether oxygens (including phenoxy) is 5. The molecule has 313 valence electrons. The number of hydrogen-bond donors (Lipinski definition) is 3. The van der Waals surface area contributed by atoms with E-state index in [0.717, 1.165) is 5.56 Å². The molecule has 0 spiro atoms. The van der Waals surface area contributed by atoms with Crippen molar-refractivity contribution in [1.82, 2.24) is 0 Å². The number of alkyl halides is 1. The monoisotopic (exact) mass is 1580 g/mol. The third kappa shape index (κ3) is 19.7. The van der Waals surface area contributed by atoms with Crippen LogP contribution in [0.15, 0.2) is 97.1 Å². The number of esters is 1. The van der Waals surface area contributed by atoms with Crippen molar-refractivity contribution in [2.45, 2.75) is 0 Å². The number of methoxy groups -OCH3 is 4. The van der Waals surface area contributed by atoms with Gasteiger partial charge in [0.05, 0.1) is 50.9 Å². The molecule has 0 aliphatic rings. The number of carboxylic acid groups (broad SMARTS) is 1. The predicted octanol–water partition coefficient (Wildman–Crippen LogP) is 8.71. The first kappa shape index (κ1) is 53.5. The normalized spacial score (nSPS) is 10.1. The van der Waals surface area contributed by atoms with Gasteiger partial charge in [0.25, 0.3) is 5.09 Å². The maximum Gasteiger partial charge on any atom is 0.337 e. The van der Waals surface area contributed by atoms with Gasteiger partial charge in [0.15, 0.2) is 23.0 Å². The number of nitrogens with one attached hydrogen (secondary N) is 2. The minimum atomic E-state index is -1.14.